The maximum absolute atomic E-state index is 6.21. The van der Waals surface area contributed by atoms with E-state index in [9.17, 15) is 0 Å². The van der Waals surface area contributed by atoms with Crippen LogP contribution in [0, 0.1) is 3.57 Å². The number of ether oxygens (including phenoxy) is 1. The second-order valence-corrected chi connectivity index (χ2v) is 7.10. The van der Waals surface area contributed by atoms with Crippen molar-refractivity contribution in [2.75, 3.05) is 6.61 Å². The predicted molar refractivity (Wildman–Crippen MR) is 90.6 cm³/mol. The molecule has 0 radical (unpaired) electrons. The molecule has 1 heterocycles. The van der Waals surface area contributed by atoms with Gasteiger partial charge in [-0.15, -0.1) is 0 Å². The van der Waals surface area contributed by atoms with Crippen molar-refractivity contribution in [1.82, 2.24) is 0 Å². The van der Waals surface area contributed by atoms with Crippen LogP contribution in [0.2, 0.25) is 5.02 Å². The maximum Gasteiger partial charge on any atom is 0.127 e. The van der Waals surface area contributed by atoms with Crippen LogP contribution < -0.4 is 4.74 Å². The Morgan fingerprint density at radius 2 is 2.11 bits per heavy atom. The minimum Gasteiger partial charge on any atom is -0.493 e. The lowest BCUT2D eigenvalue weighted by atomic mass is 10.0. The number of hydrogen-bond donors (Lipinski definition) is 0. The van der Waals surface area contributed by atoms with Crippen LogP contribution in [-0.2, 0) is 6.42 Å². The number of alkyl halides is 1. The molecule has 3 rings (SSSR count). The van der Waals surface area contributed by atoms with E-state index in [1.807, 2.05) is 12.1 Å². The highest BCUT2D eigenvalue weighted by Gasteiger charge is 2.23. The monoisotopic (exact) mass is 448 g/mol. The van der Waals surface area contributed by atoms with Crippen LogP contribution >= 0.6 is 50.1 Å². The fourth-order valence-electron chi connectivity index (χ4n) is 2.33. The molecule has 1 nitrogen and oxygen atoms in total. The molecule has 0 N–H and O–H groups in total. The molecule has 0 aliphatic carbocycles. The Morgan fingerprint density at radius 1 is 1.26 bits per heavy atom. The molecule has 1 unspecified atom stereocenters. The summed E-state index contributed by atoms with van der Waals surface area (Å²) in [5.74, 6) is 0.991. The molecule has 0 saturated heterocycles. The van der Waals surface area contributed by atoms with Gasteiger partial charge >= 0.3 is 0 Å². The first-order valence-corrected chi connectivity index (χ1v) is 8.37. The summed E-state index contributed by atoms with van der Waals surface area (Å²) in [6, 6.07) is 12.4. The summed E-state index contributed by atoms with van der Waals surface area (Å²) in [7, 11) is 0. The standard InChI is InChI=1S/C15H11BrClIO/c16-14(9-2-1-3-12(18)7-9)13-8-11(17)6-10-4-5-19-15(10)13/h1-3,6-8,14H,4-5H2. The number of halogens is 3. The Labute approximate surface area is 139 Å². The van der Waals surface area contributed by atoms with Crippen molar-refractivity contribution >= 4 is 50.1 Å². The quantitative estimate of drug-likeness (QED) is 0.443. The van der Waals surface area contributed by atoms with Crippen molar-refractivity contribution in [2.24, 2.45) is 0 Å². The average Bonchev–Trinajstić information content (AvgIpc) is 2.85. The fraction of sp³-hybridized carbons (Fsp3) is 0.200. The zero-order chi connectivity index (χ0) is 13.4. The lowest BCUT2D eigenvalue weighted by Crippen LogP contribution is -1.97. The highest BCUT2D eigenvalue weighted by atomic mass is 127. The van der Waals surface area contributed by atoms with Gasteiger partial charge in [-0.25, -0.2) is 0 Å². The fourth-order valence-corrected chi connectivity index (χ4v) is 3.77. The molecular formula is C15H11BrClIO. The van der Waals surface area contributed by atoms with Crippen molar-refractivity contribution in [3.63, 3.8) is 0 Å². The molecule has 0 spiro atoms. The van der Waals surface area contributed by atoms with Crippen molar-refractivity contribution in [3.8, 4) is 5.75 Å². The zero-order valence-electron chi connectivity index (χ0n) is 10.00. The van der Waals surface area contributed by atoms with Gasteiger partial charge in [0, 0.05) is 20.6 Å². The average molecular weight is 450 g/mol. The summed E-state index contributed by atoms with van der Waals surface area (Å²) in [6.07, 6.45) is 0.939. The first kappa shape index (κ1) is 13.7. The van der Waals surface area contributed by atoms with Crippen LogP contribution in [0.5, 0.6) is 5.75 Å². The molecular weight excluding hydrogens is 438 g/mol. The third-order valence-corrected chi connectivity index (χ3v) is 5.10. The normalized spacial score (nSPS) is 14.9. The third kappa shape index (κ3) is 2.78. The largest absolute Gasteiger partial charge is 0.493 e. The van der Waals surface area contributed by atoms with E-state index < -0.39 is 0 Å². The van der Waals surface area contributed by atoms with Crippen molar-refractivity contribution in [2.45, 2.75) is 11.2 Å². The van der Waals surface area contributed by atoms with Crippen LogP contribution in [-0.4, -0.2) is 6.61 Å². The van der Waals surface area contributed by atoms with E-state index in [2.05, 4.69) is 62.8 Å². The molecule has 98 valence electrons. The summed E-state index contributed by atoms with van der Waals surface area (Å²) in [6.45, 7) is 0.745. The number of benzene rings is 2. The van der Waals surface area contributed by atoms with Crippen LogP contribution in [0.1, 0.15) is 21.5 Å². The summed E-state index contributed by atoms with van der Waals surface area (Å²) in [5, 5.41) is 0.773. The maximum atomic E-state index is 6.21. The van der Waals surface area contributed by atoms with E-state index in [0.29, 0.717) is 0 Å². The summed E-state index contributed by atoms with van der Waals surface area (Å²) >= 11 is 12.3. The van der Waals surface area contributed by atoms with Crippen LogP contribution in [0.4, 0.5) is 0 Å². The zero-order valence-corrected chi connectivity index (χ0v) is 14.5. The van der Waals surface area contributed by atoms with Crippen molar-refractivity contribution in [1.29, 1.82) is 0 Å². The summed E-state index contributed by atoms with van der Waals surface area (Å²) in [5.41, 5.74) is 3.53. The molecule has 1 atom stereocenters. The predicted octanol–water partition coefficient (Wildman–Crippen LogP) is 5.36. The lowest BCUT2D eigenvalue weighted by Gasteiger charge is -2.15. The van der Waals surface area contributed by atoms with E-state index in [-0.39, 0.29) is 4.83 Å². The van der Waals surface area contributed by atoms with Gasteiger partial charge in [-0.1, -0.05) is 39.7 Å². The Hall–Kier alpha value is -0.260. The first-order valence-electron chi connectivity index (χ1n) is 6.00. The van der Waals surface area contributed by atoms with Gasteiger partial charge in [-0.2, -0.15) is 0 Å². The Morgan fingerprint density at radius 3 is 2.89 bits per heavy atom. The van der Waals surface area contributed by atoms with Gasteiger partial charge in [0.1, 0.15) is 5.75 Å². The van der Waals surface area contributed by atoms with Gasteiger partial charge in [-0.3, -0.25) is 0 Å². The Balaban J connectivity index is 2.07. The minimum atomic E-state index is 0.104. The smallest absolute Gasteiger partial charge is 0.127 e. The topological polar surface area (TPSA) is 9.23 Å². The second-order valence-electron chi connectivity index (χ2n) is 4.50. The molecule has 19 heavy (non-hydrogen) atoms. The molecule has 1 aliphatic heterocycles. The molecule has 0 saturated carbocycles. The Bertz CT molecular complexity index is 630. The van der Waals surface area contributed by atoms with Gasteiger partial charge in [0.25, 0.3) is 0 Å². The van der Waals surface area contributed by atoms with Crippen LogP contribution in [0.25, 0.3) is 0 Å². The van der Waals surface area contributed by atoms with E-state index in [1.54, 1.807) is 0 Å². The lowest BCUT2D eigenvalue weighted by molar-refractivity contribution is 0.354. The van der Waals surface area contributed by atoms with E-state index in [0.717, 1.165) is 29.4 Å². The molecule has 0 bridgehead atoms. The number of fused-ring (bicyclic) bond motifs is 1. The first-order chi connectivity index (χ1) is 9.15. The molecule has 2 aromatic rings. The molecule has 2 aromatic carbocycles. The van der Waals surface area contributed by atoms with Gasteiger partial charge in [0.05, 0.1) is 11.4 Å². The molecule has 0 fully saturated rings. The molecule has 0 amide bonds. The molecule has 1 aliphatic rings. The highest BCUT2D eigenvalue weighted by Crippen LogP contribution is 2.42. The minimum absolute atomic E-state index is 0.104. The molecule has 0 aromatic heterocycles. The highest BCUT2D eigenvalue weighted by molar-refractivity contribution is 14.1. The van der Waals surface area contributed by atoms with Crippen LogP contribution in [0.3, 0.4) is 0 Å². The van der Waals surface area contributed by atoms with E-state index >= 15 is 0 Å². The van der Waals surface area contributed by atoms with Crippen molar-refractivity contribution in [3.05, 3.63) is 61.7 Å². The summed E-state index contributed by atoms with van der Waals surface area (Å²) in [4.78, 5) is 0.104. The summed E-state index contributed by atoms with van der Waals surface area (Å²) < 4.78 is 6.99. The SMILES string of the molecule is Clc1cc2c(c(C(Br)c3cccc(I)c3)c1)OCC2. The van der Waals surface area contributed by atoms with Gasteiger partial charge in [-0.05, 0) is 58.0 Å². The van der Waals surface area contributed by atoms with E-state index in [1.165, 1.54) is 14.7 Å². The molecule has 4 heteroatoms. The Kier molecular flexibility index (Phi) is 4.06. The van der Waals surface area contributed by atoms with Gasteiger partial charge in [0.15, 0.2) is 0 Å². The van der Waals surface area contributed by atoms with Crippen LogP contribution in [0.15, 0.2) is 36.4 Å². The van der Waals surface area contributed by atoms with Gasteiger partial charge in [0.2, 0.25) is 0 Å². The van der Waals surface area contributed by atoms with E-state index in [4.69, 9.17) is 16.3 Å². The third-order valence-electron chi connectivity index (χ3n) is 3.19. The number of hydrogen-bond acceptors (Lipinski definition) is 1. The van der Waals surface area contributed by atoms with Gasteiger partial charge < -0.3 is 4.74 Å². The second kappa shape index (κ2) is 5.62. The van der Waals surface area contributed by atoms with Crippen molar-refractivity contribution < 1.29 is 4.74 Å². The number of rotatable bonds is 2.